The summed E-state index contributed by atoms with van der Waals surface area (Å²) >= 11 is 1.10. The molecule has 0 fully saturated rings. The molecule has 1 amide bonds. The number of amides is 1. The van der Waals surface area contributed by atoms with Crippen molar-refractivity contribution >= 4 is 28.1 Å². The smallest absolute Gasteiger partial charge is 0.273 e. The number of nitrogens with two attached hydrogens (primary N) is 2. The summed E-state index contributed by atoms with van der Waals surface area (Å²) in [4.78, 5) is 31.3. The molecule has 0 unspecified atom stereocenters. The lowest BCUT2D eigenvalue weighted by atomic mass is 10.3. The molecule has 0 radical (unpaired) electrons. The Balaban J connectivity index is 2.18. The quantitative estimate of drug-likeness (QED) is 0.318. The molecule has 0 saturated carbocycles. The number of nitrogens with zero attached hydrogens (tertiary/aromatic N) is 3. The first-order valence-corrected chi connectivity index (χ1v) is 6.61. The van der Waals surface area contributed by atoms with E-state index in [-0.39, 0.29) is 28.8 Å². The summed E-state index contributed by atoms with van der Waals surface area (Å²) in [5, 5.41) is 23.8. The maximum atomic E-state index is 11.3. The van der Waals surface area contributed by atoms with Gasteiger partial charge in [-0.05, 0) is 0 Å². The van der Waals surface area contributed by atoms with Crippen molar-refractivity contribution in [2.24, 2.45) is 10.9 Å². The standard InChI is InChI=1S/C11H11N5O5S/c12-10(19)9(6-4-22-11(13)14-6)15-21-3-5-1-7(17)8(18)2-16(5)20/h1-2,4,18,20H,3H2,(H2,12,19)(H2,13,14)/b15-9-. The van der Waals surface area contributed by atoms with Crippen LogP contribution in [0.2, 0.25) is 0 Å². The van der Waals surface area contributed by atoms with E-state index in [1.165, 1.54) is 5.38 Å². The maximum absolute atomic E-state index is 11.3. The molecule has 2 aromatic rings. The number of nitrogen functional groups attached to an aromatic ring is 1. The minimum Gasteiger partial charge on any atom is -0.503 e. The molecule has 10 nitrogen and oxygen atoms in total. The van der Waals surface area contributed by atoms with Gasteiger partial charge in [0.25, 0.3) is 5.91 Å². The molecular formula is C11H11N5O5S. The van der Waals surface area contributed by atoms with Crippen LogP contribution in [-0.2, 0) is 16.2 Å². The third-order valence-electron chi connectivity index (χ3n) is 2.46. The van der Waals surface area contributed by atoms with Gasteiger partial charge in [0.2, 0.25) is 5.43 Å². The molecular weight excluding hydrogens is 314 g/mol. The van der Waals surface area contributed by atoms with E-state index in [9.17, 15) is 14.8 Å². The molecule has 0 aliphatic rings. The van der Waals surface area contributed by atoms with Crippen LogP contribution >= 0.6 is 11.3 Å². The zero-order valence-electron chi connectivity index (χ0n) is 11.0. The SMILES string of the molecule is NC(=O)/C(=N\OCc1cc(=O)c(O)cn1O)c1csc(N)n1. The number of pyridine rings is 1. The van der Waals surface area contributed by atoms with Crippen LogP contribution in [0.25, 0.3) is 0 Å². The highest BCUT2D eigenvalue weighted by atomic mass is 32.1. The van der Waals surface area contributed by atoms with Gasteiger partial charge in [-0.15, -0.1) is 11.3 Å². The van der Waals surface area contributed by atoms with Crippen LogP contribution in [0.3, 0.4) is 0 Å². The maximum Gasteiger partial charge on any atom is 0.273 e. The summed E-state index contributed by atoms with van der Waals surface area (Å²) in [6.07, 6.45) is 0.806. The first-order chi connectivity index (χ1) is 10.4. The molecule has 11 heteroatoms. The lowest BCUT2D eigenvalue weighted by Gasteiger charge is -2.06. The van der Waals surface area contributed by atoms with Gasteiger partial charge in [0.05, 0.1) is 6.20 Å². The number of primary amides is 1. The van der Waals surface area contributed by atoms with Crippen LogP contribution in [0.1, 0.15) is 11.4 Å². The summed E-state index contributed by atoms with van der Waals surface area (Å²) in [7, 11) is 0. The first-order valence-electron chi connectivity index (χ1n) is 5.73. The second-order valence-corrected chi connectivity index (χ2v) is 4.90. The molecule has 0 aliphatic carbocycles. The van der Waals surface area contributed by atoms with Crippen LogP contribution in [0.4, 0.5) is 5.13 Å². The Hall–Kier alpha value is -3.08. The second kappa shape index (κ2) is 6.13. The van der Waals surface area contributed by atoms with Gasteiger partial charge in [0, 0.05) is 11.4 Å². The molecule has 2 rings (SSSR count). The Labute approximate surface area is 126 Å². The van der Waals surface area contributed by atoms with Crippen LogP contribution in [0, 0.1) is 0 Å². The summed E-state index contributed by atoms with van der Waals surface area (Å²) in [5.74, 6) is -1.50. The predicted molar refractivity (Wildman–Crippen MR) is 76.6 cm³/mol. The van der Waals surface area contributed by atoms with E-state index in [2.05, 4.69) is 10.1 Å². The van der Waals surface area contributed by atoms with Crippen molar-refractivity contribution in [3.05, 3.63) is 39.3 Å². The van der Waals surface area contributed by atoms with Crippen molar-refractivity contribution in [1.29, 1.82) is 0 Å². The third-order valence-corrected chi connectivity index (χ3v) is 3.13. The van der Waals surface area contributed by atoms with Crippen molar-refractivity contribution in [1.82, 2.24) is 9.71 Å². The average molecular weight is 325 g/mol. The molecule has 0 atom stereocenters. The number of carbonyl (C=O) groups excluding carboxylic acids is 1. The highest BCUT2D eigenvalue weighted by molar-refractivity contribution is 7.13. The van der Waals surface area contributed by atoms with E-state index in [4.69, 9.17) is 21.4 Å². The van der Waals surface area contributed by atoms with Crippen molar-refractivity contribution in [2.75, 3.05) is 5.73 Å². The van der Waals surface area contributed by atoms with Gasteiger partial charge < -0.3 is 26.6 Å². The van der Waals surface area contributed by atoms with Gasteiger partial charge in [-0.2, -0.15) is 4.73 Å². The van der Waals surface area contributed by atoms with E-state index in [0.717, 1.165) is 23.6 Å². The highest BCUT2D eigenvalue weighted by Gasteiger charge is 2.15. The lowest BCUT2D eigenvalue weighted by molar-refractivity contribution is -0.112. The summed E-state index contributed by atoms with van der Waals surface area (Å²) in [6.45, 7) is -0.345. The topological polar surface area (TPSA) is 166 Å². The normalized spacial score (nSPS) is 11.4. The van der Waals surface area contributed by atoms with Crippen molar-refractivity contribution in [2.45, 2.75) is 6.61 Å². The molecule has 2 aromatic heterocycles. The molecule has 0 bridgehead atoms. The minimum atomic E-state index is -0.877. The first kappa shape index (κ1) is 15.3. The summed E-state index contributed by atoms with van der Waals surface area (Å²) in [6, 6.07) is 0.954. The largest absolute Gasteiger partial charge is 0.503 e. The number of thiazole rings is 1. The van der Waals surface area contributed by atoms with Gasteiger partial charge in [-0.25, -0.2) is 4.98 Å². The summed E-state index contributed by atoms with van der Waals surface area (Å²) < 4.78 is 0.497. The predicted octanol–water partition coefficient (Wildman–Crippen LogP) is -0.764. The fourth-order valence-electron chi connectivity index (χ4n) is 1.44. The van der Waals surface area contributed by atoms with E-state index in [1.807, 2.05) is 0 Å². The Morgan fingerprint density at radius 3 is 2.86 bits per heavy atom. The van der Waals surface area contributed by atoms with Crippen LogP contribution in [-0.4, -0.2) is 31.6 Å². The number of carbonyl (C=O) groups is 1. The highest BCUT2D eigenvalue weighted by Crippen LogP contribution is 2.12. The second-order valence-electron chi connectivity index (χ2n) is 4.01. The number of hydrogen-bond acceptors (Lipinski definition) is 9. The minimum absolute atomic E-state index is 0.00756. The monoisotopic (exact) mass is 325 g/mol. The Morgan fingerprint density at radius 2 is 2.27 bits per heavy atom. The number of rotatable bonds is 5. The average Bonchev–Trinajstić information content (AvgIpc) is 2.86. The van der Waals surface area contributed by atoms with Crippen molar-refractivity contribution < 1.29 is 19.9 Å². The summed E-state index contributed by atoms with van der Waals surface area (Å²) in [5.41, 5.74) is 9.83. The number of oxime groups is 1. The van der Waals surface area contributed by atoms with Gasteiger partial charge in [0.1, 0.15) is 11.4 Å². The Bertz CT molecular complexity index is 796. The number of aromatic hydroxyl groups is 1. The van der Waals surface area contributed by atoms with E-state index in [1.54, 1.807) is 0 Å². The van der Waals surface area contributed by atoms with Gasteiger partial charge in [-0.3, -0.25) is 9.59 Å². The number of aromatic nitrogens is 2. The van der Waals surface area contributed by atoms with Crippen LogP contribution in [0.15, 0.2) is 27.6 Å². The van der Waals surface area contributed by atoms with E-state index < -0.39 is 17.1 Å². The Morgan fingerprint density at radius 1 is 1.55 bits per heavy atom. The molecule has 0 saturated heterocycles. The Kier molecular flexibility index (Phi) is 4.27. The molecule has 116 valence electrons. The van der Waals surface area contributed by atoms with Crippen molar-refractivity contribution in [3.63, 3.8) is 0 Å². The molecule has 0 aromatic carbocycles. The molecule has 22 heavy (non-hydrogen) atoms. The van der Waals surface area contributed by atoms with Crippen molar-refractivity contribution in [3.8, 4) is 5.75 Å². The molecule has 0 spiro atoms. The number of anilines is 1. The fourth-order valence-corrected chi connectivity index (χ4v) is 1.99. The fraction of sp³-hybridized carbons (Fsp3) is 0.0909. The molecule has 0 aliphatic heterocycles. The number of hydrogen-bond donors (Lipinski definition) is 4. The van der Waals surface area contributed by atoms with Gasteiger partial charge in [0.15, 0.2) is 23.2 Å². The van der Waals surface area contributed by atoms with Crippen LogP contribution < -0.4 is 16.9 Å². The molecule has 2 heterocycles. The zero-order valence-corrected chi connectivity index (χ0v) is 11.8. The molecule has 6 N–H and O–H groups in total. The van der Waals surface area contributed by atoms with Gasteiger partial charge >= 0.3 is 0 Å². The van der Waals surface area contributed by atoms with Gasteiger partial charge in [-0.1, -0.05) is 5.16 Å². The van der Waals surface area contributed by atoms with E-state index in [0.29, 0.717) is 4.73 Å². The third kappa shape index (κ3) is 3.32. The van der Waals surface area contributed by atoms with E-state index >= 15 is 0 Å². The van der Waals surface area contributed by atoms with Crippen LogP contribution in [0.5, 0.6) is 5.75 Å². The lowest BCUT2D eigenvalue weighted by Crippen LogP contribution is -2.25. The zero-order chi connectivity index (χ0) is 16.3.